The van der Waals surface area contributed by atoms with Crippen molar-refractivity contribution < 1.29 is 18.7 Å². The maximum atomic E-state index is 13.7. The predicted molar refractivity (Wildman–Crippen MR) is 135 cm³/mol. The molecule has 1 aliphatic rings. The quantitative estimate of drug-likeness (QED) is 0.449. The van der Waals surface area contributed by atoms with Gasteiger partial charge in [-0.05, 0) is 31.9 Å². The highest BCUT2D eigenvalue weighted by molar-refractivity contribution is 6.33. The summed E-state index contributed by atoms with van der Waals surface area (Å²) in [6, 6.07) is 7.89. The van der Waals surface area contributed by atoms with Crippen LogP contribution in [0.15, 0.2) is 49.1 Å². The number of piperidine rings is 1. The summed E-state index contributed by atoms with van der Waals surface area (Å²) >= 11 is 5.91. The van der Waals surface area contributed by atoms with E-state index in [9.17, 15) is 14.0 Å². The molecule has 3 aromatic rings. The standard InChI is InChI=1S/C25H28ClFN6O3/c1-17-4-6-19(7-5-17)36-20-3-2-10-32(15-20)24(35)16-33-14-18(11-30-33)31-23(34)8-9-29-25-21(26)12-28-13-22(25)27/h4-7,11-14,20H,2-3,8-10,15-16H2,1H3,(H,28,29)(H,31,34)/t20-/m1/s1. The summed E-state index contributed by atoms with van der Waals surface area (Å²) in [5, 5.41) is 9.85. The van der Waals surface area contributed by atoms with Crippen LogP contribution >= 0.6 is 11.6 Å². The molecule has 2 amide bonds. The van der Waals surface area contributed by atoms with Crippen molar-refractivity contribution in [1.82, 2.24) is 19.7 Å². The van der Waals surface area contributed by atoms with Crippen LogP contribution in [0.4, 0.5) is 15.8 Å². The van der Waals surface area contributed by atoms with E-state index in [0.29, 0.717) is 18.8 Å². The van der Waals surface area contributed by atoms with Crippen molar-refractivity contribution in [3.63, 3.8) is 0 Å². The second-order valence-corrected chi connectivity index (χ2v) is 9.07. The Hall–Kier alpha value is -3.66. The number of benzene rings is 1. The molecule has 0 radical (unpaired) electrons. The molecule has 0 aliphatic carbocycles. The summed E-state index contributed by atoms with van der Waals surface area (Å²) in [5.74, 6) is -0.133. The van der Waals surface area contributed by atoms with Gasteiger partial charge in [-0.1, -0.05) is 29.3 Å². The SMILES string of the molecule is Cc1ccc(O[C@@H]2CCCN(C(=O)Cn3cc(NC(=O)CCNc4c(F)cncc4Cl)cn3)C2)cc1. The van der Waals surface area contributed by atoms with E-state index >= 15 is 0 Å². The summed E-state index contributed by atoms with van der Waals surface area (Å²) in [4.78, 5) is 30.5. The van der Waals surface area contributed by atoms with Gasteiger partial charge >= 0.3 is 0 Å². The minimum absolute atomic E-state index is 0.0537. The zero-order valence-electron chi connectivity index (χ0n) is 19.9. The maximum Gasteiger partial charge on any atom is 0.244 e. The van der Waals surface area contributed by atoms with Crippen molar-refractivity contribution in [2.24, 2.45) is 0 Å². The van der Waals surface area contributed by atoms with Crippen LogP contribution in [-0.4, -0.2) is 57.2 Å². The smallest absolute Gasteiger partial charge is 0.244 e. The summed E-state index contributed by atoms with van der Waals surface area (Å²) in [5.41, 5.74) is 1.75. The molecular formula is C25H28ClFN6O3. The first-order chi connectivity index (χ1) is 17.4. The van der Waals surface area contributed by atoms with Gasteiger partial charge < -0.3 is 20.3 Å². The van der Waals surface area contributed by atoms with Gasteiger partial charge in [0.2, 0.25) is 11.8 Å². The van der Waals surface area contributed by atoms with E-state index in [4.69, 9.17) is 16.3 Å². The number of hydrogen-bond acceptors (Lipinski definition) is 6. The Balaban J connectivity index is 1.22. The van der Waals surface area contributed by atoms with Gasteiger partial charge in [-0.3, -0.25) is 19.3 Å². The number of carbonyl (C=O) groups excluding carboxylic acids is 2. The number of amides is 2. The molecule has 2 aromatic heterocycles. The van der Waals surface area contributed by atoms with E-state index in [-0.39, 0.29) is 48.1 Å². The molecule has 0 spiro atoms. The number of hydrogen-bond donors (Lipinski definition) is 2. The van der Waals surface area contributed by atoms with E-state index in [2.05, 4.69) is 20.7 Å². The molecule has 1 saturated heterocycles. The van der Waals surface area contributed by atoms with Gasteiger partial charge in [-0.15, -0.1) is 0 Å². The average Bonchev–Trinajstić information content (AvgIpc) is 3.29. The second kappa shape index (κ2) is 11.9. The largest absolute Gasteiger partial charge is 0.489 e. The Kier molecular flexibility index (Phi) is 8.37. The number of aryl methyl sites for hydroxylation is 1. The Morgan fingerprint density at radius 3 is 2.81 bits per heavy atom. The van der Waals surface area contributed by atoms with Crippen LogP contribution in [0.3, 0.4) is 0 Å². The lowest BCUT2D eigenvalue weighted by Gasteiger charge is -2.33. The number of halogens is 2. The highest BCUT2D eigenvalue weighted by atomic mass is 35.5. The van der Waals surface area contributed by atoms with Crippen LogP contribution in [0.5, 0.6) is 5.75 Å². The monoisotopic (exact) mass is 514 g/mol. The fourth-order valence-corrected chi connectivity index (χ4v) is 4.14. The fraction of sp³-hybridized carbons (Fsp3) is 0.360. The number of rotatable bonds is 9. The molecule has 3 heterocycles. The van der Waals surface area contributed by atoms with Gasteiger partial charge in [0, 0.05) is 31.9 Å². The lowest BCUT2D eigenvalue weighted by Crippen LogP contribution is -2.45. The summed E-state index contributed by atoms with van der Waals surface area (Å²) < 4.78 is 21.3. The van der Waals surface area contributed by atoms with Crippen molar-refractivity contribution in [1.29, 1.82) is 0 Å². The van der Waals surface area contributed by atoms with Crippen molar-refractivity contribution in [3.8, 4) is 5.75 Å². The topological polar surface area (TPSA) is 101 Å². The molecule has 2 N–H and O–H groups in total. The first-order valence-corrected chi connectivity index (χ1v) is 12.1. The normalized spacial score (nSPS) is 15.4. The predicted octanol–water partition coefficient (Wildman–Crippen LogP) is 3.89. The number of ether oxygens (including phenoxy) is 1. The van der Waals surface area contributed by atoms with Crippen molar-refractivity contribution >= 4 is 34.8 Å². The van der Waals surface area contributed by atoms with Crippen molar-refractivity contribution in [2.45, 2.75) is 38.8 Å². The molecule has 0 saturated carbocycles. The zero-order valence-corrected chi connectivity index (χ0v) is 20.7. The third-order valence-corrected chi connectivity index (χ3v) is 6.06. The Morgan fingerprint density at radius 2 is 2.03 bits per heavy atom. The van der Waals surface area contributed by atoms with E-state index < -0.39 is 5.82 Å². The lowest BCUT2D eigenvalue weighted by molar-refractivity contribution is -0.134. The Bertz CT molecular complexity index is 1180. The number of likely N-dealkylation sites (tertiary alicyclic amines) is 1. The van der Waals surface area contributed by atoms with E-state index in [1.807, 2.05) is 31.2 Å². The second-order valence-electron chi connectivity index (χ2n) is 8.66. The van der Waals surface area contributed by atoms with Crippen LogP contribution < -0.4 is 15.4 Å². The van der Waals surface area contributed by atoms with Gasteiger partial charge in [0.25, 0.3) is 0 Å². The van der Waals surface area contributed by atoms with E-state index in [0.717, 1.165) is 24.8 Å². The first kappa shape index (κ1) is 25.4. The van der Waals surface area contributed by atoms with Crippen LogP contribution in [-0.2, 0) is 16.1 Å². The van der Waals surface area contributed by atoms with Crippen LogP contribution in [0, 0.1) is 12.7 Å². The number of carbonyl (C=O) groups is 2. The van der Waals surface area contributed by atoms with Gasteiger partial charge in [0.15, 0.2) is 5.82 Å². The molecule has 0 bridgehead atoms. The van der Waals surface area contributed by atoms with Crippen molar-refractivity contribution in [3.05, 3.63) is 65.5 Å². The molecule has 1 aliphatic heterocycles. The van der Waals surface area contributed by atoms with Gasteiger partial charge in [-0.25, -0.2) is 4.39 Å². The Labute approximate surface area is 213 Å². The van der Waals surface area contributed by atoms with Gasteiger partial charge in [0.05, 0.1) is 35.3 Å². The molecule has 4 rings (SSSR count). The van der Waals surface area contributed by atoms with Crippen LogP contribution in [0.2, 0.25) is 5.02 Å². The molecule has 1 atom stereocenters. The summed E-state index contributed by atoms with van der Waals surface area (Å²) in [7, 11) is 0. The van der Waals surface area contributed by atoms with Crippen LogP contribution in [0.25, 0.3) is 0 Å². The molecule has 0 unspecified atom stereocenters. The molecule has 36 heavy (non-hydrogen) atoms. The number of pyridine rings is 1. The molecule has 9 nitrogen and oxygen atoms in total. The number of anilines is 2. The summed E-state index contributed by atoms with van der Waals surface area (Å²) in [6.45, 7) is 3.46. The van der Waals surface area contributed by atoms with Gasteiger partial charge in [0.1, 0.15) is 18.4 Å². The maximum absolute atomic E-state index is 13.7. The number of aromatic nitrogens is 3. The number of nitrogens with one attached hydrogen (secondary N) is 2. The van der Waals surface area contributed by atoms with Crippen molar-refractivity contribution in [2.75, 3.05) is 30.3 Å². The zero-order chi connectivity index (χ0) is 25.5. The lowest BCUT2D eigenvalue weighted by atomic mass is 10.1. The van der Waals surface area contributed by atoms with E-state index in [1.165, 1.54) is 22.6 Å². The highest BCUT2D eigenvalue weighted by Gasteiger charge is 2.25. The molecule has 1 aromatic carbocycles. The average molecular weight is 515 g/mol. The third kappa shape index (κ3) is 6.94. The molecule has 11 heteroatoms. The molecule has 190 valence electrons. The molecular weight excluding hydrogens is 487 g/mol. The van der Waals surface area contributed by atoms with E-state index in [1.54, 1.807) is 11.1 Å². The number of nitrogens with zero attached hydrogens (tertiary/aromatic N) is 4. The highest BCUT2D eigenvalue weighted by Crippen LogP contribution is 2.23. The Morgan fingerprint density at radius 1 is 1.22 bits per heavy atom. The first-order valence-electron chi connectivity index (χ1n) is 11.7. The minimum Gasteiger partial charge on any atom is -0.489 e. The van der Waals surface area contributed by atoms with Gasteiger partial charge in [-0.2, -0.15) is 5.10 Å². The summed E-state index contributed by atoms with van der Waals surface area (Å²) in [6.07, 6.45) is 7.25. The minimum atomic E-state index is -0.587. The van der Waals surface area contributed by atoms with Crippen LogP contribution in [0.1, 0.15) is 24.8 Å². The molecule has 1 fully saturated rings. The fourth-order valence-electron chi connectivity index (χ4n) is 3.93. The third-order valence-electron chi connectivity index (χ3n) is 5.78.